The number of aromatic nitrogens is 1. The van der Waals surface area contributed by atoms with E-state index < -0.39 is 0 Å². The maximum Gasteiger partial charge on any atom is 0.270 e. The lowest BCUT2D eigenvalue weighted by Crippen LogP contribution is -2.39. The number of nitrogens with one attached hydrogen (secondary N) is 1. The van der Waals surface area contributed by atoms with Crippen molar-refractivity contribution in [2.75, 3.05) is 7.11 Å². The minimum atomic E-state index is -0.0540. The molecule has 0 aliphatic heterocycles. The van der Waals surface area contributed by atoms with Crippen molar-refractivity contribution in [2.24, 2.45) is 11.8 Å². The van der Waals surface area contributed by atoms with Crippen LogP contribution in [0.3, 0.4) is 0 Å². The van der Waals surface area contributed by atoms with Crippen LogP contribution < -0.4 is 10.1 Å². The molecule has 0 radical (unpaired) electrons. The van der Waals surface area contributed by atoms with Gasteiger partial charge >= 0.3 is 0 Å². The molecule has 1 amide bonds. The van der Waals surface area contributed by atoms with Crippen molar-refractivity contribution < 1.29 is 9.53 Å². The Labute approximate surface area is 142 Å². The Bertz CT molecular complexity index is 714. The van der Waals surface area contributed by atoms with Gasteiger partial charge in [-0.3, -0.25) is 9.78 Å². The molecule has 2 aromatic rings. The third kappa shape index (κ3) is 2.66. The molecule has 2 bridgehead atoms. The monoisotopic (exact) mass is 322 g/mol. The van der Waals surface area contributed by atoms with Crippen LogP contribution in [0.4, 0.5) is 0 Å². The lowest BCUT2D eigenvalue weighted by Gasteiger charge is -2.23. The summed E-state index contributed by atoms with van der Waals surface area (Å²) in [7, 11) is 1.69. The molecule has 2 saturated carbocycles. The van der Waals surface area contributed by atoms with Gasteiger partial charge in [0, 0.05) is 12.2 Å². The number of methoxy groups -OCH3 is 1. The predicted octanol–water partition coefficient (Wildman–Crippen LogP) is 3.40. The average Bonchev–Trinajstić information content (AvgIpc) is 3.20. The molecule has 1 heterocycles. The number of hydrogen-bond donors (Lipinski definition) is 1. The Kier molecular flexibility index (Phi) is 3.97. The van der Waals surface area contributed by atoms with Gasteiger partial charge in [-0.2, -0.15) is 0 Å². The number of benzene rings is 1. The van der Waals surface area contributed by atoms with Crippen LogP contribution in [0.1, 0.15) is 41.2 Å². The second kappa shape index (κ2) is 6.27. The summed E-state index contributed by atoms with van der Waals surface area (Å²) in [5, 5.41) is 3.22. The third-order valence-electron chi connectivity index (χ3n) is 5.63. The van der Waals surface area contributed by atoms with Gasteiger partial charge < -0.3 is 10.1 Å². The maximum absolute atomic E-state index is 12.4. The predicted molar refractivity (Wildman–Crippen MR) is 92.1 cm³/mol. The van der Waals surface area contributed by atoms with Crippen LogP contribution in [0.15, 0.2) is 48.7 Å². The van der Waals surface area contributed by atoms with E-state index in [1.165, 1.54) is 18.4 Å². The Hall–Kier alpha value is -2.36. The molecule has 0 unspecified atom stereocenters. The second-order valence-corrected chi connectivity index (χ2v) is 6.83. The van der Waals surface area contributed by atoms with E-state index in [2.05, 4.69) is 22.4 Å². The first-order valence-electron chi connectivity index (χ1n) is 8.62. The fraction of sp³-hybridized carbons (Fsp3) is 0.400. The fourth-order valence-electron chi connectivity index (χ4n) is 4.58. The van der Waals surface area contributed by atoms with Crippen LogP contribution in [0, 0.1) is 11.8 Å². The highest BCUT2D eigenvalue weighted by atomic mass is 16.5. The zero-order valence-corrected chi connectivity index (χ0v) is 13.8. The van der Waals surface area contributed by atoms with Crippen LogP contribution in [-0.4, -0.2) is 24.0 Å². The SMILES string of the molecule is COc1ccc([C@H]2[C@@H]3CC[C@@H]2[C@H](NC(=O)c2ccccn2)C3)cc1. The number of amides is 1. The van der Waals surface area contributed by atoms with E-state index in [1.54, 1.807) is 19.4 Å². The van der Waals surface area contributed by atoms with Crippen molar-refractivity contribution >= 4 is 5.91 Å². The smallest absolute Gasteiger partial charge is 0.270 e. The summed E-state index contributed by atoms with van der Waals surface area (Å²) >= 11 is 0. The summed E-state index contributed by atoms with van der Waals surface area (Å²) < 4.78 is 5.26. The molecule has 4 rings (SSSR count). The standard InChI is InChI=1S/C20H22N2O2/c1-24-15-8-5-13(6-9-15)19-14-7-10-16(19)18(12-14)22-20(23)17-4-2-3-11-21-17/h2-6,8-9,11,14,16,18-19H,7,10,12H2,1H3,(H,22,23)/t14-,16-,18-,19+/m1/s1. The van der Waals surface area contributed by atoms with Crippen LogP contribution in [0.2, 0.25) is 0 Å². The maximum atomic E-state index is 12.4. The first-order chi connectivity index (χ1) is 11.8. The third-order valence-corrected chi connectivity index (χ3v) is 5.63. The van der Waals surface area contributed by atoms with Gasteiger partial charge in [-0.15, -0.1) is 0 Å². The highest BCUT2D eigenvalue weighted by Crippen LogP contribution is 2.54. The topological polar surface area (TPSA) is 51.2 Å². The summed E-state index contributed by atoms with van der Waals surface area (Å²) in [6.45, 7) is 0. The molecule has 124 valence electrons. The minimum absolute atomic E-state index is 0.0540. The lowest BCUT2D eigenvalue weighted by atomic mass is 9.89. The Morgan fingerprint density at radius 1 is 1.17 bits per heavy atom. The lowest BCUT2D eigenvalue weighted by molar-refractivity contribution is 0.0917. The van der Waals surface area contributed by atoms with E-state index in [4.69, 9.17) is 4.74 Å². The summed E-state index contributed by atoms with van der Waals surface area (Å²) in [6, 6.07) is 14.1. The van der Waals surface area contributed by atoms with Crippen molar-refractivity contribution in [3.8, 4) is 5.75 Å². The molecular formula is C20H22N2O2. The largest absolute Gasteiger partial charge is 0.497 e. The molecule has 2 aliphatic rings. The molecule has 4 atom stereocenters. The van der Waals surface area contributed by atoms with E-state index in [-0.39, 0.29) is 11.9 Å². The summed E-state index contributed by atoms with van der Waals surface area (Å²) in [6.07, 6.45) is 5.18. The molecule has 2 fully saturated rings. The zero-order valence-electron chi connectivity index (χ0n) is 13.8. The Morgan fingerprint density at radius 2 is 2.00 bits per heavy atom. The Balaban J connectivity index is 1.49. The van der Waals surface area contributed by atoms with Crippen molar-refractivity contribution in [1.82, 2.24) is 10.3 Å². The van der Waals surface area contributed by atoms with Gasteiger partial charge in [0.1, 0.15) is 11.4 Å². The van der Waals surface area contributed by atoms with E-state index >= 15 is 0 Å². The van der Waals surface area contributed by atoms with Crippen molar-refractivity contribution in [3.05, 3.63) is 59.9 Å². The van der Waals surface area contributed by atoms with E-state index in [9.17, 15) is 4.79 Å². The van der Waals surface area contributed by atoms with E-state index in [0.717, 1.165) is 12.2 Å². The highest BCUT2D eigenvalue weighted by molar-refractivity contribution is 5.92. The van der Waals surface area contributed by atoms with Crippen LogP contribution in [0.25, 0.3) is 0 Å². The fourth-order valence-corrected chi connectivity index (χ4v) is 4.58. The molecule has 4 heteroatoms. The molecule has 2 aliphatic carbocycles. The van der Waals surface area contributed by atoms with Gasteiger partial charge in [-0.05, 0) is 66.8 Å². The average molecular weight is 322 g/mol. The highest BCUT2D eigenvalue weighted by Gasteiger charge is 2.48. The van der Waals surface area contributed by atoms with Crippen LogP contribution >= 0.6 is 0 Å². The number of carbonyl (C=O) groups excluding carboxylic acids is 1. The zero-order chi connectivity index (χ0) is 16.5. The van der Waals surface area contributed by atoms with E-state index in [0.29, 0.717) is 23.4 Å². The van der Waals surface area contributed by atoms with Gasteiger partial charge in [-0.1, -0.05) is 18.2 Å². The molecule has 1 N–H and O–H groups in total. The number of rotatable bonds is 4. The summed E-state index contributed by atoms with van der Waals surface area (Å²) in [5.41, 5.74) is 1.87. The minimum Gasteiger partial charge on any atom is -0.497 e. The molecule has 1 aromatic heterocycles. The van der Waals surface area contributed by atoms with Crippen LogP contribution in [-0.2, 0) is 0 Å². The van der Waals surface area contributed by atoms with Gasteiger partial charge in [-0.25, -0.2) is 0 Å². The van der Waals surface area contributed by atoms with Crippen LogP contribution in [0.5, 0.6) is 5.75 Å². The number of carbonyl (C=O) groups is 1. The molecule has 1 aromatic carbocycles. The van der Waals surface area contributed by atoms with E-state index in [1.807, 2.05) is 24.3 Å². The molecule has 0 spiro atoms. The van der Waals surface area contributed by atoms with Gasteiger partial charge in [0.15, 0.2) is 0 Å². The quantitative estimate of drug-likeness (QED) is 0.938. The van der Waals surface area contributed by atoms with Crippen molar-refractivity contribution in [2.45, 2.75) is 31.2 Å². The summed E-state index contributed by atoms with van der Waals surface area (Å²) in [4.78, 5) is 16.6. The molecular weight excluding hydrogens is 300 g/mol. The van der Waals surface area contributed by atoms with Crippen molar-refractivity contribution in [3.63, 3.8) is 0 Å². The van der Waals surface area contributed by atoms with Gasteiger partial charge in [0.25, 0.3) is 5.91 Å². The second-order valence-electron chi connectivity index (χ2n) is 6.83. The number of hydrogen-bond acceptors (Lipinski definition) is 3. The molecule has 0 saturated heterocycles. The van der Waals surface area contributed by atoms with Crippen molar-refractivity contribution in [1.29, 1.82) is 0 Å². The normalized spacial score (nSPS) is 27.9. The number of fused-ring (bicyclic) bond motifs is 2. The number of ether oxygens (including phenoxy) is 1. The number of pyridine rings is 1. The van der Waals surface area contributed by atoms with Gasteiger partial charge in [0.2, 0.25) is 0 Å². The first-order valence-corrected chi connectivity index (χ1v) is 8.62. The first kappa shape index (κ1) is 15.2. The summed E-state index contributed by atoms with van der Waals surface area (Å²) in [5.74, 6) is 2.57. The molecule has 24 heavy (non-hydrogen) atoms. The molecule has 4 nitrogen and oxygen atoms in total. The van der Waals surface area contributed by atoms with Gasteiger partial charge in [0.05, 0.1) is 7.11 Å². The Morgan fingerprint density at radius 3 is 2.71 bits per heavy atom. The number of nitrogens with zero attached hydrogens (tertiary/aromatic N) is 1.